The summed E-state index contributed by atoms with van der Waals surface area (Å²) >= 11 is 7.07. The van der Waals surface area contributed by atoms with Crippen molar-refractivity contribution in [3.63, 3.8) is 0 Å². The Morgan fingerprint density at radius 2 is 1.88 bits per heavy atom. The highest BCUT2D eigenvalue weighted by molar-refractivity contribution is 7.99. The van der Waals surface area contributed by atoms with E-state index in [2.05, 4.69) is 20.5 Å². The maximum Gasteiger partial charge on any atom is 0.416 e. The van der Waals surface area contributed by atoms with Crippen molar-refractivity contribution in [3.8, 4) is 17.1 Å². The van der Waals surface area contributed by atoms with Crippen molar-refractivity contribution in [3.05, 3.63) is 83.1 Å². The smallest absolute Gasteiger partial charge is 0.324 e. The number of amides is 1. The number of benzene rings is 2. The average molecular weight is 504 g/mol. The Kier molecular flexibility index (Phi) is 6.90. The fourth-order valence-electron chi connectivity index (χ4n) is 3.09. The van der Waals surface area contributed by atoms with E-state index in [-0.39, 0.29) is 16.5 Å². The van der Waals surface area contributed by atoms with Gasteiger partial charge in [0, 0.05) is 23.6 Å². The molecule has 0 atom stereocenters. The number of halogens is 4. The fraction of sp³-hybridized carbons (Fsp3) is 0.130. The van der Waals surface area contributed by atoms with Crippen LogP contribution >= 0.6 is 23.4 Å². The number of carbonyl (C=O) groups excluding carboxylic acids is 1. The Morgan fingerprint density at radius 1 is 1.12 bits per heavy atom. The molecule has 0 saturated heterocycles. The first-order chi connectivity index (χ1) is 16.2. The van der Waals surface area contributed by atoms with Gasteiger partial charge in [0.25, 0.3) is 0 Å². The van der Waals surface area contributed by atoms with Crippen LogP contribution in [-0.4, -0.2) is 31.4 Å². The molecule has 0 radical (unpaired) electrons. The van der Waals surface area contributed by atoms with Gasteiger partial charge >= 0.3 is 6.18 Å². The molecular weight excluding hydrogens is 487 g/mol. The first kappa shape index (κ1) is 23.8. The van der Waals surface area contributed by atoms with Gasteiger partial charge in [-0.15, -0.1) is 10.2 Å². The number of nitrogens with zero attached hydrogens (tertiary/aromatic N) is 4. The number of pyridine rings is 1. The molecule has 1 N–H and O–H groups in total. The minimum Gasteiger partial charge on any atom is -0.324 e. The van der Waals surface area contributed by atoms with Gasteiger partial charge in [-0.2, -0.15) is 13.2 Å². The molecule has 0 spiro atoms. The van der Waals surface area contributed by atoms with Gasteiger partial charge in [0.1, 0.15) is 0 Å². The molecule has 0 aliphatic carbocycles. The molecule has 6 nitrogen and oxygen atoms in total. The van der Waals surface area contributed by atoms with Crippen molar-refractivity contribution in [1.82, 2.24) is 19.7 Å². The van der Waals surface area contributed by atoms with E-state index in [4.69, 9.17) is 11.6 Å². The molecule has 0 aliphatic rings. The van der Waals surface area contributed by atoms with E-state index in [0.717, 1.165) is 46.8 Å². The lowest BCUT2D eigenvalue weighted by molar-refractivity contribution is -0.137. The second-order valence-electron chi connectivity index (χ2n) is 7.25. The lowest BCUT2D eigenvalue weighted by Crippen LogP contribution is -2.16. The standard InChI is InChI=1S/C23H17ClF3N5OS/c1-14-4-7-17(8-5-14)32-21(15-3-2-10-28-12-15)30-31-22(32)34-13-20(33)29-19-11-16(23(25,26)27)6-9-18(19)24/h2-12H,13H2,1H3,(H,29,33). The van der Waals surface area contributed by atoms with E-state index in [1.807, 2.05) is 37.3 Å². The van der Waals surface area contributed by atoms with Crippen LogP contribution in [0.1, 0.15) is 11.1 Å². The third-order valence-electron chi connectivity index (χ3n) is 4.75. The Morgan fingerprint density at radius 3 is 2.56 bits per heavy atom. The SMILES string of the molecule is Cc1ccc(-n2c(SCC(=O)Nc3cc(C(F)(F)F)ccc3Cl)nnc2-c2cccnc2)cc1. The second-order valence-corrected chi connectivity index (χ2v) is 8.60. The molecule has 0 saturated carbocycles. The molecule has 11 heteroatoms. The molecule has 4 rings (SSSR count). The largest absolute Gasteiger partial charge is 0.416 e. The predicted molar refractivity (Wildman–Crippen MR) is 125 cm³/mol. The van der Waals surface area contributed by atoms with Gasteiger partial charge in [0.2, 0.25) is 5.91 Å². The van der Waals surface area contributed by atoms with E-state index in [1.165, 1.54) is 0 Å². The third kappa shape index (κ3) is 5.40. The second kappa shape index (κ2) is 9.86. The van der Waals surface area contributed by atoms with Crippen LogP contribution in [0.25, 0.3) is 17.1 Å². The van der Waals surface area contributed by atoms with Crippen LogP contribution < -0.4 is 5.32 Å². The van der Waals surface area contributed by atoms with E-state index in [1.54, 1.807) is 23.0 Å². The molecular formula is C23H17ClF3N5OS. The minimum atomic E-state index is -4.55. The predicted octanol–water partition coefficient (Wildman–Crippen LogP) is 6.04. The number of alkyl halides is 3. The highest BCUT2D eigenvalue weighted by atomic mass is 35.5. The molecule has 1 amide bonds. The number of hydrogen-bond donors (Lipinski definition) is 1. The summed E-state index contributed by atoms with van der Waals surface area (Å²) in [6, 6.07) is 14.1. The third-order valence-corrected chi connectivity index (χ3v) is 6.00. The average Bonchev–Trinajstić information content (AvgIpc) is 3.23. The number of aryl methyl sites for hydroxylation is 1. The number of hydrogen-bond acceptors (Lipinski definition) is 5. The summed E-state index contributed by atoms with van der Waals surface area (Å²) in [5.74, 6) is -0.114. The molecule has 0 fully saturated rings. The van der Waals surface area contributed by atoms with Crippen molar-refractivity contribution in [1.29, 1.82) is 0 Å². The van der Waals surface area contributed by atoms with Gasteiger partial charge in [-0.1, -0.05) is 41.1 Å². The van der Waals surface area contributed by atoms with Gasteiger partial charge in [0.05, 0.1) is 22.0 Å². The van der Waals surface area contributed by atoms with Crippen molar-refractivity contribution in [2.75, 3.05) is 11.1 Å². The molecule has 34 heavy (non-hydrogen) atoms. The van der Waals surface area contributed by atoms with E-state index < -0.39 is 17.6 Å². The Hall–Kier alpha value is -3.37. The summed E-state index contributed by atoms with van der Waals surface area (Å²) in [6.07, 6.45) is -1.24. The first-order valence-electron chi connectivity index (χ1n) is 9.94. The highest BCUT2D eigenvalue weighted by Crippen LogP contribution is 2.34. The van der Waals surface area contributed by atoms with E-state index in [0.29, 0.717) is 11.0 Å². The van der Waals surface area contributed by atoms with Gasteiger partial charge in [-0.25, -0.2) is 0 Å². The monoisotopic (exact) mass is 503 g/mol. The van der Waals surface area contributed by atoms with Crippen LogP contribution in [0.4, 0.5) is 18.9 Å². The zero-order valence-corrected chi connectivity index (χ0v) is 19.2. The first-order valence-corrected chi connectivity index (χ1v) is 11.3. The topological polar surface area (TPSA) is 72.7 Å². The molecule has 0 aliphatic heterocycles. The van der Waals surface area contributed by atoms with Gasteiger partial charge in [-0.3, -0.25) is 14.3 Å². The Labute approximate surface area is 202 Å². The van der Waals surface area contributed by atoms with Crippen molar-refractivity contribution in [2.45, 2.75) is 18.3 Å². The van der Waals surface area contributed by atoms with Crippen molar-refractivity contribution >= 4 is 35.0 Å². The van der Waals surface area contributed by atoms with Gasteiger partial charge in [0.15, 0.2) is 11.0 Å². The van der Waals surface area contributed by atoms with Crippen molar-refractivity contribution in [2.24, 2.45) is 0 Å². The number of rotatable bonds is 6. The Bertz CT molecular complexity index is 1310. The summed E-state index contributed by atoms with van der Waals surface area (Å²) < 4.78 is 40.8. The van der Waals surface area contributed by atoms with E-state index in [9.17, 15) is 18.0 Å². The van der Waals surface area contributed by atoms with Crippen LogP contribution in [0.5, 0.6) is 0 Å². The van der Waals surface area contributed by atoms with Crippen LogP contribution in [0.15, 0.2) is 72.1 Å². The van der Waals surface area contributed by atoms with Crippen LogP contribution in [0, 0.1) is 6.92 Å². The van der Waals surface area contributed by atoms with E-state index >= 15 is 0 Å². The zero-order chi connectivity index (χ0) is 24.3. The summed E-state index contributed by atoms with van der Waals surface area (Å²) in [7, 11) is 0. The van der Waals surface area contributed by atoms with Crippen LogP contribution in [0.2, 0.25) is 5.02 Å². The molecule has 2 aromatic heterocycles. The van der Waals surface area contributed by atoms with Gasteiger partial charge < -0.3 is 5.32 Å². The number of anilines is 1. The molecule has 2 aromatic carbocycles. The molecule has 0 unspecified atom stereocenters. The van der Waals surface area contributed by atoms with Crippen molar-refractivity contribution < 1.29 is 18.0 Å². The lowest BCUT2D eigenvalue weighted by atomic mass is 10.2. The quantitative estimate of drug-likeness (QED) is 0.325. The number of thioether (sulfide) groups is 1. The lowest BCUT2D eigenvalue weighted by Gasteiger charge is -2.12. The normalized spacial score (nSPS) is 11.4. The molecule has 4 aromatic rings. The molecule has 0 bridgehead atoms. The van der Waals surface area contributed by atoms with Gasteiger partial charge in [-0.05, 0) is 49.4 Å². The number of aromatic nitrogens is 4. The van der Waals surface area contributed by atoms with Crippen LogP contribution in [-0.2, 0) is 11.0 Å². The highest BCUT2D eigenvalue weighted by Gasteiger charge is 2.31. The Balaban J connectivity index is 1.57. The molecule has 2 heterocycles. The number of carbonyl (C=O) groups is 1. The minimum absolute atomic E-state index is 0.00744. The maximum absolute atomic E-state index is 13.0. The number of nitrogens with one attached hydrogen (secondary N) is 1. The molecule has 174 valence electrons. The summed E-state index contributed by atoms with van der Waals surface area (Å²) in [4.78, 5) is 16.7. The maximum atomic E-state index is 13.0. The van der Waals surface area contributed by atoms with Crippen LogP contribution in [0.3, 0.4) is 0 Å². The fourth-order valence-corrected chi connectivity index (χ4v) is 4.00. The summed E-state index contributed by atoms with van der Waals surface area (Å²) in [5.41, 5.74) is 1.59. The summed E-state index contributed by atoms with van der Waals surface area (Å²) in [5, 5.41) is 11.4. The zero-order valence-electron chi connectivity index (χ0n) is 17.7. The summed E-state index contributed by atoms with van der Waals surface area (Å²) in [6.45, 7) is 1.97.